The molecule has 2 N–H and O–H groups in total. The molecule has 2 fully saturated rings. The summed E-state index contributed by atoms with van der Waals surface area (Å²) in [6.45, 7) is 2.60. The molecule has 2 saturated heterocycles. The molecule has 1 aromatic heterocycles. The molecule has 2 unspecified atom stereocenters. The van der Waals surface area contributed by atoms with E-state index in [2.05, 4.69) is 15.2 Å². The Hall–Kier alpha value is -1.89. The van der Waals surface area contributed by atoms with Gasteiger partial charge in [0, 0.05) is 18.6 Å². The van der Waals surface area contributed by atoms with Gasteiger partial charge < -0.3 is 15.3 Å². The molecule has 2 aliphatic heterocycles. The first kappa shape index (κ1) is 14.1. The Morgan fingerprint density at radius 3 is 2.67 bits per heavy atom. The van der Waals surface area contributed by atoms with Gasteiger partial charge in [-0.2, -0.15) is 0 Å². The fourth-order valence-electron chi connectivity index (χ4n) is 3.53. The van der Waals surface area contributed by atoms with Crippen LogP contribution >= 0.6 is 0 Å². The summed E-state index contributed by atoms with van der Waals surface area (Å²) in [6, 6.07) is 3.49. The van der Waals surface area contributed by atoms with Gasteiger partial charge in [-0.05, 0) is 32.6 Å². The molecule has 2 atom stereocenters. The van der Waals surface area contributed by atoms with E-state index in [1.165, 1.54) is 6.07 Å². The van der Waals surface area contributed by atoms with Crippen molar-refractivity contribution in [2.24, 2.45) is 0 Å². The van der Waals surface area contributed by atoms with Crippen LogP contribution in [-0.2, 0) is 0 Å². The average Bonchev–Trinajstić information content (AvgIpc) is 2.71. The van der Waals surface area contributed by atoms with Crippen molar-refractivity contribution in [2.45, 2.75) is 50.8 Å². The van der Waals surface area contributed by atoms with Gasteiger partial charge in [0.25, 0.3) is 5.69 Å². The predicted molar refractivity (Wildman–Crippen MR) is 79.6 cm³/mol. The van der Waals surface area contributed by atoms with E-state index in [-0.39, 0.29) is 28.8 Å². The molecule has 7 heteroatoms. The second-order valence-corrected chi connectivity index (χ2v) is 5.77. The summed E-state index contributed by atoms with van der Waals surface area (Å²) in [6.07, 6.45) is 3.21. The second-order valence-electron chi connectivity index (χ2n) is 5.77. The summed E-state index contributed by atoms with van der Waals surface area (Å²) >= 11 is 0. The monoisotopic (exact) mass is 292 g/mol. The zero-order chi connectivity index (χ0) is 15.0. The maximum atomic E-state index is 11.1. The lowest BCUT2D eigenvalue weighted by Crippen LogP contribution is -2.45. The SMILES string of the molecule is CCNc1cc([N+](=O)[O-])cc(N2C3CCC2CC(O)C3)n1. The number of nitrogens with one attached hydrogen (secondary N) is 1. The first-order chi connectivity index (χ1) is 10.1. The Morgan fingerprint density at radius 2 is 2.10 bits per heavy atom. The molecule has 1 aromatic rings. The summed E-state index contributed by atoms with van der Waals surface area (Å²) in [5.41, 5.74) is 0.0569. The minimum absolute atomic E-state index is 0.0569. The normalized spacial score (nSPS) is 27.7. The van der Waals surface area contributed by atoms with Crippen molar-refractivity contribution in [1.29, 1.82) is 0 Å². The zero-order valence-electron chi connectivity index (χ0n) is 12.0. The number of piperidine rings is 1. The van der Waals surface area contributed by atoms with Gasteiger partial charge in [-0.3, -0.25) is 10.1 Å². The number of nitrogens with zero attached hydrogens (tertiary/aromatic N) is 3. The molecule has 0 spiro atoms. The van der Waals surface area contributed by atoms with Gasteiger partial charge in [-0.15, -0.1) is 0 Å². The number of aliphatic hydroxyl groups is 1. The van der Waals surface area contributed by atoms with Crippen LogP contribution < -0.4 is 10.2 Å². The Bertz CT molecular complexity index is 537. The van der Waals surface area contributed by atoms with Crippen molar-refractivity contribution in [1.82, 2.24) is 4.98 Å². The van der Waals surface area contributed by atoms with Crippen molar-refractivity contribution in [3.05, 3.63) is 22.2 Å². The number of aromatic nitrogens is 1. The van der Waals surface area contributed by atoms with E-state index in [4.69, 9.17) is 0 Å². The summed E-state index contributed by atoms with van der Waals surface area (Å²) in [4.78, 5) is 17.4. The van der Waals surface area contributed by atoms with Gasteiger partial charge in [0.1, 0.15) is 11.6 Å². The molecule has 0 amide bonds. The maximum Gasteiger partial charge on any atom is 0.276 e. The van der Waals surface area contributed by atoms with E-state index in [1.54, 1.807) is 6.07 Å². The number of hydrogen-bond donors (Lipinski definition) is 2. The molecule has 3 heterocycles. The predicted octanol–water partition coefficient (Wildman–Crippen LogP) is 1.91. The van der Waals surface area contributed by atoms with Crippen LogP contribution in [0.1, 0.15) is 32.6 Å². The Kier molecular flexibility index (Phi) is 3.67. The van der Waals surface area contributed by atoms with E-state index < -0.39 is 0 Å². The van der Waals surface area contributed by atoms with Gasteiger partial charge in [-0.25, -0.2) is 4.98 Å². The van der Waals surface area contributed by atoms with Crippen LogP contribution in [-0.4, -0.2) is 39.7 Å². The van der Waals surface area contributed by atoms with Gasteiger partial charge in [-0.1, -0.05) is 0 Å². The molecule has 0 saturated carbocycles. The number of hydrogen-bond acceptors (Lipinski definition) is 6. The number of aliphatic hydroxyl groups excluding tert-OH is 1. The van der Waals surface area contributed by atoms with Gasteiger partial charge >= 0.3 is 0 Å². The lowest BCUT2D eigenvalue weighted by Gasteiger charge is -2.38. The van der Waals surface area contributed by atoms with E-state index in [0.717, 1.165) is 25.7 Å². The fourth-order valence-corrected chi connectivity index (χ4v) is 3.53. The van der Waals surface area contributed by atoms with Crippen LogP contribution in [0, 0.1) is 10.1 Å². The molecule has 2 aliphatic rings. The van der Waals surface area contributed by atoms with Crippen molar-refractivity contribution in [3.63, 3.8) is 0 Å². The fraction of sp³-hybridized carbons (Fsp3) is 0.643. The van der Waals surface area contributed by atoms with Crippen LogP contribution in [0.5, 0.6) is 0 Å². The van der Waals surface area contributed by atoms with Crippen LogP contribution in [0.4, 0.5) is 17.3 Å². The number of nitro groups is 1. The molecule has 0 aliphatic carbocycles. The lowest BCUT2D eigenvalue weighted by atomic mass is 10.00. The van der Waals surface area contributed by atoms with E-state index >= 15 is 0 Å². The van der Waals surface area contributed by atoms with E-state index in [0.29, 0.717) is 18.2 Å². The minimum Gasteiger partial charge on any atom is -0.393 e. The maximum absolute atomic E-state index is 11.1. The number of rotatable bonds is 4. The summed E-state index contributed by atoms with van der Waals surface area (Å²) in [5.74, 6) is 1.19. The van der Waals surface area contributed by atoms with Crippen molar-refractivity contribution in [2.75, 3.05) is 16.8 Å². The smallest absolute Gasteiger partial charge is 0.276 e. The third-order valence-corrected chi connectivity index (χ3v) is 4.34. The highest BCUT2D eigenvalue weighted by atomic mass is 16.6. The highest BCUT2D eigenvalue weighted by Crippen LogP contribution is 2.39. The molecule has 114 valence electrons. The molecule has 3 rings (SSSR count). The number of pyridine rings is 1. The van der Waals surface area contributed by atoms with Crippen LogP contribution in [0.2, 0.25) is 0 Å². The molecule has 7 nitrogen and oxygen atoms in total. The van der Waals surface area contributed by atoms with Gasteiger partial charge in [0.15, 0.2) is 0 Å². The van der Waals surface area contributed by atoms with Crippen molar-refractivity contribution >= 4 is 17.3 Å². The summed E-state index contributed by atoms with van der Waals surface area (Å²) in [7, 11) is 0. The minimum atomic E-state index is -0.382. The Labute approximate surface area is 123 Å². The highest BCUT2D eigenvalue weighted by Gasteiger charge is 2.41. The quantitative estimate of drug-likeness (QED) is 0.650. The van der Waals surface area contributed by atoms with Crippen molar-refractivity contribution < 1.29 is 10.0 Å². The number of fused-ring (bicyclic) bond motifs is 2. The third-order valence-electron chi connectivity index (χ3n) is 4.34. The molecule has 21 heavy (non-hydrogen) atoms. The third kappa shape index (κ3) is 2.65. The Balaban J connectivity index is 1.96. The number of anilines is 2. The van der Waals surface area contributed by atoms with E-state index in [9.17, 15) is 15.2 Å². The highest BCUT2D eigenvalue weighted by molar-refractivity contribution is 5.57. The lowest BCUT2D eigenvalue weighted by molar-refractivity contribution is -0.384. The van der Waals surface area contributed by atoms with Crippen LogP contribution in [0.25, 0.3) is 0 Å². The second kappa shape index (κ2) is 5.48. The topological polar surface area (TPSA) is 91.5 Å². The van der Waals surface area contributed by atoms with Gasteiger partial charge in [0.05, 0.1) is 23.2 Å². The zero-order valence-corrected chi connectivity index (χ0v) is 12.0. The van der Waals surface area contributed by atoms with Crippen LogP contribution in [0.15, 0.2) is 12.1 Å². The summed E-state index contributed by atoms with van der Waals surface area (Å²) < 4.78 is 0. The van der Waals surface area contributed by atoms with Gasteiger partial charge in [0.2, 0.25) is 0 Å². The average molecular weight is 292 g/mol. The standard InChI is InChI=1S/C14H20N4O3/c1-2-15-13-7-11(18(20)21)8-14(16-13)17-9-3-4-10(17)6-12(19)5-9/h7-10,12,19H,2-6H2,1H3,(H,15,16). The molecule has 2 bridgehead atoms. The molecule has 0 radical (unpaired) electrons. The first-order valence-corrected chi connectivity index (χ1v) is 7.45. The molecule has 0 aromatic carbocycles. The largest absolute Gasteiger partial charge is 0.393 e. The first-order valence-electron chi connectivity index (χ1n) is 7.45. The van der Waals surface area contributed by atoms with E-state index in [1.807, 2.05) is 6.92 Å². The molecular weight excluding hydrogens is 272 g/mol. The molecular formula is C14H20N4O3. The van der Waals surface area contributed by atoms with Crippen LogP contribution in [0.3, 0.4) is 0 Å². The summed E-state index contributed by atoms with van der Waals surface area (Å²) in [5, 5.41) is 24.0. The Morgan fingerprint density at radius 1 is 1.43 bits per heavy atom. The van der Waals surface area contributed by atoms with Crippen molar-refractivity contribution in [3.8, 4) is 0 Å².